The van der Waals surface area contributed by atoms with Gasteiger partial charge in [0, 0.05) is 22.5 Å². The van der Waals surface area contributed by atoms with Crippen molar-refractivity contribution in [2.75, 3.05) is 0 Å². The number of aryl methyl sites for hydroxylation is 4. The van der Waals surface area contributed by atoms with Gasteiger partial charge < -0.3 is 0 Å². The molecule has 32 heavy (non-hydrogen) atoms. The van der Waals surface area contributed by atoms with E-state index in [0.29, 0.717) is 0 Å². The van der Waals surface area contributed by atoms with E-state index in [4.69, 9.17) is 9.97 Å². The Labute approximate surface area is 190 Å². The van der Waals surface area contributed by atoms with E-state index >= 15 is 0 Å². The number of nitrogens with zero attached hydrogens (tertiary/aromatic N) is 2. The number of aromatic nitrogens is 2. The van der Waals surface area contributed by atoms with Crippen molar-refractivity contribution in [2.24, 2.45) is 0 Å². The largest absolute Gasteiger partial charge is 0.253 e. The quantitative estimate of drug-likeness (QED) is 0.352. The molecule has 0 radical (unpaired) electrons. The first-order valence-electron chi connectivity index (χ1n) is 12.0. The first-order chi connectivity index (χ1) is 15.8. The lowest BCUT2D eigenvalue weighted by molar-refractivity contribution is 0.668. The molecule has 0 bridgehead atoms. The Morgan fingerprint density at radius 1 is 0.438 bits per heavy atom. The fraction of sp³-hybridized carbons (Fsp3) is 0.267. The molecule has 158 valence electrons. The van der Waals surface area contributed by atoms with Gasteiger partial charge in [-0.05, 0) is 91.8 Å². The molecule has 0 aliphatic heterocycles. The summed E-state index contributed by atoms with van der Waals surface area (Å²) in [4.78, 5) is 9.97. The highest BCUT2D eigenvalue weighted by atomic mass is 14.7. The monoisotopic (exact) mass is 416 g/mol. The average molecular weight is 417 g/mol. The molecule has 2 aliphatic rings. The fourth-order valence-corrected chi connectivity index (χ4v) is 5.18. The van der Waals surface area contributed by atoms with Crippen LogP contribution < -0.4 is 0 Å². The number of rotatable bonds is 3. The average Bonchev–Trinajstić information content (AvgIpc) is 2.88. The van der Waals surface area contributed by atoms with E-state index < -0.39 is 0 Å². The minimum Gasteiger partial charge on any atom is -0.253 e. The zero-order valence-electron chi connectivity index (χ0n) is 18.5. The zero-order valence-corrected chi connectivity index (χ0v) is 18.5. The number of hydrogen-bond acceptors (Lipinski definition) is 2. The van der Waals surface area contributed by atoms with Crippen molar-refractivity contribution >= 4 is 0 Å². The molecule has 0 saturated heterocycles. The summed E-state index contributed by atoms with van der Waals surface area (Å²) in [5.74, 6) is 0. The first-order valence-corrected chi connectivity index (χ1v) is 12.0. The van der Waals surface area contributed by atoms with E-state index in [1.165, 1.54) is 83.3 Å². The van der Waals surface area contributed by atoms with E-state index in [1.54, 1.807) is 0 Å². The van der Waals surface area contributed by atoms with Gasteiger partial charge in [0.25, 0.3) is 0 Å². The van der Waals surface area contributed by atoms with Crippen LogP contribution in [0.3, 0.4) is 0 Å². The van der Waals surface area contributed by atoms with E-state index in [9.17, 15) is 0 Å². The van der Waals surface area contributed by atoms with Crippen LogP contribution in [-0.4, -0.2) is 9.97 Å². The SMILES string of the molecule is c1cc(-c2ccc(-c3ccc4c(n3)CCCC4)cc2)cc(-c2ccc3c(n2)CCCC3)c1. The molecule has 0 fully saturated rings. The van der Waals surface area contributed by atoms with Crippen LogP contribution in [-0.2, 0) is 25.7 Å². The lowest BCUT2D eigenvalue weighted by Crippen LogP contribution is -2.05. The molecule has 2 aliphatic carbocycles. The van der Waals surface area contributed by atoms with Crippen LogP contribution >= 0.6 is 0 Å². The van der Waals surface area contributed by atoms with E-state index in [0.717, 1.165) is 24.2 Å². The van der Waals surface area contributed by atoms with Gasteiger partial charge in [0.05, 0.1) is 11.4 Å². The molecule has 2 nitrogen and oxygen atoms in total. The topological polar surface area (TPSA) is 25.8 Å². The Kier molecular flexibility index (Phi) is 5.07. The number of benzene rings is 2. The van der Waals surface area contributed by atoms with Crippen molar-refractivity contribution in [3.63, 3.8) is 0 Å². The van der Waals surface area contributed by atoms with Gasteiger partial charge in [-0.15, -0.1) is 0 Å². The van der Waals surface area contributed by atoms with Gasteiger partial charge in [-0.2, -0.15) is 0 Å². The van der Waals surface area contributed by atoms with Crippen LogP contribution in [0, 0.1) is 0 Å². The van der Waals surface area contributed by atoms with Gasteiger partial charge in [-0.1, -0.05) is 54.6 Å². The minimum atomic E-state index is 1.09. The Balaban J connectivity index is 1.28. The van der Waals surface area contributed by atoms with Crippen molar-refractivity contribution in [1.29, 1.82) is 0 Å². The minimum absolute atomic E-state index is 1.09. The Morgan fingerprint density at radius 2 is 0.969 bits per heavy atom. The van der Waals surface area contributed by atoms with Gasteiger partial charge in [0.15, 0.2) is 0 Å². The summed E-state index contributed by atoms with van der Waals surface area (Å²) in [5.41, 5.74) is 12.5. The van der Waals surface area contributed by atoms with Gasteiger partial charge in [-0.25, -0.2) is 0 Å². The molecule has 2 aromatic carbocycles. The standard InChI is InChI=1S/C30H28N2/c1-3-10-27-22(6-1)16-18-29(31-27)24-14-12-21(13-15-24)25-8-5-9-26(20-25)30-19-17-23-7-2-4-11-28(23)32-30/h5,8-9,12-20H,1-4,6-7,10-11H2. The molecule has 0 atom stereocenters. The zero-order chi connectivity index (χ0) is 21.3. The smallest absolute Gasteiger partial charge is 0.0705 e. The maximum atomic E-state index is 5.00. The molecule has 0 saturated carbocycles. The number of pyridine rings is 2. The highest BCUT2D eigenvalue weighted by molar-refractivity contribution is 5.73. The summed E-state index contributed by atoms with van der Waals surface area (Å²) in [7, 11) is 0. The van der Waals surface area contributed by atoms with Crippen molar-refractivity contribution in [2.45, 2.75) is 51.4 Å². The summed E-state index contributed by atoms with van der Waals surface area (Å²) in [5, 5.41) is 0. The van der Waals surface area contributed by atoms with Crippen LogP contribution in [0.4, 0.5) is 0 Å². The van der Waals surface area contributed by atoms with E-state index in [1.807, 2.05) is 0 Å². The third-order valence-corrected chi connectivity index (χ3v) is 7.03. The van der Waals surface area contributed by atoms with Crippen molar-refractivity contribution < 1.29 is 0 Å². The third kappa shape index (κ3) is 3.75. The predicted molar refractivity (Wildman–Crippen MR) is 132 cm³/mol. The predicted octanol–water partition coefficient (Wildman–Crippen LogP) is 7.24. The second-order valence-electron chi connectivity index (χ2n) is 9.18. The van der Waals surface area contributed by atoms with Gasteiger partial charge in [0.2, 0.25) is 0 Å². The second-order valence-corrected chi connectivity index (χ2v) is 9.18. The molecule has 2 heteroatoms. The highest BCUT2D eigenvalue weighted by Crippen LogP contribution is 2.30. The van der Waals surface area contributed by atoms with Crippen molar-refractivity contribution in [3.8, 4) is 33.6 Å². The summed E-state index contributed by atoms with van der Waals surface area (Å²) >= 11 is 0. The van der Waals surface area contributed by atoms with Crippen LogP contribution in [0.15, 0.2) is 72.8 Å². The summed E-state index contributed by atoms with van der Waals surface area (Å²) in [6.45, 7) is 0. The molecule has 2 heterocycles. The Bertz CT molecular complexity index is 1270. The van der Waals surface area contributed by atoms with E-state index in [-0.39, 0.29) is 0 Å². The maximum Gasteiger partial charge on any atom is 0.0705 e. The van der Waals surface area contributed by atoms with Crippen molar-refractivity contribution in [3.05, 3.63) is 95.3 Å². The second kappa shape index (κ2) is 8.35. The molecule has 2 aromatic heterocycles. The molecule has 0 unspecified atom stereocenters. The van der Waals surface area contributed by atoms with Crippen LogP contribution in [0.25, 0.3) is 33.6 Å². The molecule has 4 aromatic rings. The fourth-order valence-electron chi connectivity index (χ4n) is 5.18. The van der Waals surface area contributed by atoms with Crippen LogP contribution in [0.1, 0.15) is 48.2 Å². The molecular weight excluding hydrogens is 388 g/mol. The number of fused-ring (bicyclic) bond motifs is 2. The highest BCUT2D eigenvalue weighted by Gasteiger charge is 2.13. The van der Waals surface area contributed by atoms with Crippen molar-refractivity contribution in [1.82, 2.24) is 9.97 Å². The molecule has 0 spiro atoms. The number of hydrogen-bond donors (Lipinski definition) is 0. The van der Waals surface area contributed by atoms with Gasteiger partial charge >= 0.3 is 0 Å². The normalized spacial score (nSPS) is 15.1. The van der Waals surface area contributed by atoms with Crippen LogP contribution in [0.2, 0.25) is 0 Å². The summed E-state index contributed by atoms with van der Waals surface area (Å²) in [6, 6.07) is 26.5. The van der Waals surface area contributed by atoms with Gasteiger partial charge in [-0.3, -0.25) is 9.97 Å². The Morgan fingerprint density at radius 3 is 1.62 bits per heavy atom. The summed E-state index contributed by atoms with van der Waals surface area (Å²) in [6.07, 6.45) is 9.69. The maximum absolute atomic E-state index is 5.00. The van der Waals surface area contributed by atoms with E-state index in [2.05, 4.69) is 72.8 Å². The van der Waals surface area contributed by atoms with Gasteiger partial charge in [0.1, 0.15) is 0 Å². The Hall–Kier alpha value is -3.26. The summed E-state index contributed by atoms with van der Waals surface area (Å²) < 4.78 is 0. The lowest BCUT2D eigenvalue weighted by atomic mass is 9.94. The lowest BCUT2D eigenvalue weighted by Gasteiger charge is -2.16. The molecule has 0 amide bonds. The third-order valence-electron chi connectivity index (χ3n) is 7.03. The first kappa shape index (κ1) is 19.4. The molecule has 6 rings (SSSR count). The van der Waals surface area contributed by atoms with Crippen LogP contribution in [0.5, 0.6) is 0 Å². The molecule has 0 N–H and O–H groups in total. The molecular formula is C30H28N2.